The Kier molecular flexibility index (Phi) is 4.52. The van der Waals surface area contributed by atoms with Crippen molar-refractivity contribution in [3.05, 3.63) is 24.6 Å². The molecule has 0 saturated heterocycles. The number of hydrogen-bond acceptors (Lipinski definition) is 5. The summed E-state index contributed by atoms with van der Waals surface area (Å²) in [6, 6.07) is 0. The zero-order valence-corrected chi connectivity index (χ0v) is 8.47. The van der Waals surface area contributed by atoms with Gasteiger partial charge in [-0.15, -0.1) is 0 Å². The Hall–Kier alpha value is -1.66. The van der Waals surface area contributed by atoms with Crippen LogP contribution in [0.25, 0.3) is 0 Å². The molecule has 0 saturated carbocycles. The molecule has 1 heterocycles. The molecule has 1 rings (SSSR count). The third kappa shape index (κ3) is 3.53. The summed E-state index contributed by atoms with van der Waals surface area (Å²) in [7, 11) is 0. The van der Waals surface area contributed by atoms with Gasteiger partial charge < -0.3 is 15.2 Å². The van der Waals surface area contributed by atoms with E-state index < -0.39 is 6.41 Å². The van der Waals surface area contributed by atoms with Crippen molar-refractivity contribution in [3.63, 3.8) is 0 Å². The van der Waals surface area contributed by atoms with Crippen LogP contribution in [0.3, 0.4) is 0 Å². The van der Waals surface area contributed by atoms with Gasteiger partial charge in [-0.05, 0) is 6.92 Å². The Bertz CT molecular complexity index is 309. The molecule has 1 aliphatic rings. The zero-order chi connectivity index (χ0) is 11.1. The number of ether oxygens (including phenoxy) is 1. The molecule has 0 aromatic carbocycles. The molecule has 0 aliphatic carbocycles. The number of nitrogens with zero attached hydrogens (tertiary/aromatic N) is 2. The van der Waals surface area contributed by atoms with Crippen molar-refractivity contribution in [1.82, 2.24) is 10.7 Å². The lowest BCUT2D eigenvalue weighted by Crippen LogP contribution is -2.28. The van der Waals surface area contributed by atoms with Gasteiger partial charge in [-0.3, -0.25) is 5.43 Å². The molecular weight excluding hydrogens is 196 g/mol. The molecule has 0 spiro atoms. The SMILES string of the molecule is C=C/N=C1/NN=C/C1=C\NC(O)OCC. The van der Waals surface area contributed by atoms with Crippen molar-refractivity contribution in [2.24, 2.45) is 10.1 Å². The highest BCUT2D eigenvalue weighted by atomic mass is 16.6. The lowest BCUT2D eigenvalue weighted by molar-refractivity contribution is -0.108. The average Bonchev–Trinajstić information content (AvgIpc) is 2.64. The fourth-order valence-corrected chi connectivity index (χ4v) is 0.956. The second-order valence-electron chi connectivity index (χ2n) is 2.60. The second kappa shape index (κ2) is 5.94. The Morgan fingerprint density at radius 1 is 1.87 bits per heavy atom. The normalized spacial score (nSPS) is 21.7. The number of aliphatic imine (C=N–C) groups is 1. The molecule has 1 atom stereocenters. The first-order chi connectivity index (χ1) is 7.27. The molecule has 3 N–H and O–H groups in total. The third-order valence-electron chi connectivity index (χ3n) is 1.57. The predicted molar refractivity (Wildman–Crippen MR) is 58.1 cm³/mol. The second-order valence-corrected chi connectivity index (χ2v) is 2.60. The van der Waals surface area contributed by atoms with Crippen LogP contribution in [-0.2, 0) is 4.74 Å². The predicted octanol–water partition coefficient (Wildman–Crippen LogP) is -0.0967. The number of aliphatic hydroxyl groups is 1. The van der Waals surface area contributed by atoms with Gasteiger partial charge in [0, 0.05) is 19.0 Å². The first-order valence-electron chi connectivity index (χ1n) is 4.52. The van der Waals surface area contributed by atoms with E-state index in [0.29, 0.717) is 18.0 Å². The van der Waals surface area contributed by atoms with Gasteiger partial charge in [-0.1, -0.05) is 6.58 Å². The van der Waals surface area contributed by atoms with Crippen LogP contribution in [0.1, 0.15) is 6.92 Å². The summed E-state index contributed by atoms with van der Waals surface area (Å²) in [5.41, 5.74) is 3.40. The number of nitrogens with one attached hydrogen (secondary N) is 2. The number of hydrogen-bond donors (Lipinski definition) is 3. The van der Waals surface area contributed by atoms with E-state index in [-0.39, 0.29) is 0 Å². The lowest BCUT2D eigenvalue weighted by atomic mass is 10.3. The molecular formula is C9H14N4O2. The third-order valence-corrected chi connectivity index (χ3v) is 1.57. The maximum Gasteiger partial charge on any atom is 0.235 e. The van der Waals surface area contributed by atoms with Crippen LogP contribution in [0.4, 0.5) is 0 Å². The minimum atomic E-state index is -1.03. The van der Waals surface area contributed by atoms with Crippen LogP contribution < -0.4 is 10.7 Å². The average molecular weight is 210 g/mol. The van der Waals surface area contributed by atoms with Crippen LogP contribution >= 0.6 is 0 Å². The monoisotopic (exact) mass is 210 g/mol. The van der Waals surface area contributed by atoms with Crippen molar-refractivity contribution < 1.29 is 9.84 Å². The van der Waals surface area contributed by atoms with Crippen LogP contribution in [0.15, 0.2) is 34.6 Å². The van der Waals surface area contributed by atoms with Crippen molar-refractivity contribution in [2.45, 2.75) is 13.3 Å². The highest BCUT2D eigenvalue weighted by Crippen LogP contribution is 1.99. The van der Waals surface area contributed by atoms with Crippen molar-refractivity contribution in [3.8, 4) is 0 Å². The summed E-state index contributed by atoms with van der Waals surface area (Å²) in [6.45, 7) is 5.70. The number of rotatable bonds is 5. The highest BCUT2D eigenvalue weighted by molar-refractivity contribution is 6.18. The summed E-state index contributed by atoms with van der Waals surface area (Å²) in [5, 5.41) is 15.7. The minimum absolute atomic E-state index is 0.428. The van der Waals surface area contributed by atoms with Crippen molar-refractivity contribution >= 4 is 12.1 Å². The van der Waals surface area contributed by atoms with E-state index in [2.05, 4.69) is 27.4 Å². The van der Waals surface area contributed by atoms with E-state index in [1.54, 1.807) is 19.3 Å². The van der Waals surface area contributed by atoms with Gasteiger partial charge in [0.15, 0.2) is 5.84 Å². The highest BCUT2D eigenvalue weighted by Gasteiger charge is 2.09. The van der Waals surface area contributed by atoms with Gasteiger partial charge in [0.1, 0.15) is 0 Å². The molecule has 0 amide bonds. The summed E-state index contributed by atoms with van der Waals surface area (Å²) in [5.74, 6) is 0.571. The van der Waals surface area contributed by atoms with Crippen LogP contribution in [0.2, 0.25) is 0 Å². The molecule has 6 heteroatoms. The molecule has 0 fully saturated rings. The van der Waals surface area contributed by atoms with E-state index in [4.69, 9.17) is 4.74 Å². The molecule has 1 aliphatic heterocycles. The van der Waals surface area contributed by atoms with Crippen LogP contribution in [0, 0.1) is 0 Å². The standard InChI is InChI=1S/C9H14N4O2/c1-3-10-8-7(6-12-13-8)5-11-9(14)15-4-2/h3,5-6,9,11,14H,1,4H2,2H3,(H,10,13)/b7-5+. The molecule has 0 aromatic heterocycles. The van der Waals surface area contributed by atoms with Gasteiger partial charge in [0.2, 0.25) is 6.41 Å². The Balaban J connectivity index is 2.54. The summed E-state index contributed by atoms with van der Waals surface area (Å²) in [4.78, 5) is 3.94. The fraction of sp³-hybridized carbons (Fsp3) is 0.333. The summed E-state index contributed by atoms with van der Waals surface area (Å²) in [6.07, 6.45) is 3.52. The van der Waals surface area contributed by atoms with Gasteiger partial charge >= 0.3 is 0 Å². The smallest absolute Gasteiger partial charge is 0.235 e. The number of aliphatic hydroxyl groups excluding tert-OH is 1. The van der Waals surface area contributed by atoms with E-state index in [0.717, 1.165) is 0 Å². The zero-order valence-electron chi connectivity index (χ0n) is 8.47. The Morgan fingerprint density at radius 2 is 2.67 bits per heavy atom. The molecule has 0 bridgehead atoms. The minimum Gasteiger partial charge on any atom is -0.351 e. The van der Waals surface area contributed by atoms with Gasteiger partial charge in [0.05, 0.1) is 11.8 Å². The fourth-order valence-electron chi connectivity index (χ4n) is 0.956. The van der Waals surface area contributed by atoms with E-state index in [1.165, 1.54) is 6.20 Å². The molecule has 6 nitrogen and oxygen atoms in total. The molecule has 0 radical (unpaired) electrons. The first kappa shape index (κ1) is 11.4. The van der Waals surface area contributed by atoms with Gasteiger partial charge in [-0.2, -0.15) is 5.10 Å². The maximum atomic E-state index is 9.22. The molecule has 0 aromatic rings. The summed E-state index contributed by atoms with van der Waals surface area (Å²) >= 11 is 0. The molecule has 15 heavy (non-hydrogen) atoms. The maximum absolute atomic E-state index is 9.22. The van der Waals surface area contributed by atoms with Crippen LogP contribution in [0.5, 0.6) is 0 Å². The number of hydrazone groups is 1. The van der Waals surface area contributed by atoms with Gasteiger partial charge in [0.25, 0.3) is 0 Å². The van der Waals surface area contributed by atoms with Crippen molar-refractivity contribution in [2.75, 3.05) is 6.61 Å². The van der Waals surface area contributed by atoms with E-state index in [1.807, 2.05) is 0 Å². The quantitative estimate of drug-likeness (QED) is 0.554. The van der Waals surface area contributed by atoms with E-state index in [9.17, 15) is 5.11 Å². The Morgan fingerprint density at radius 3 is 3.33 bits per heavy atom. The lowest BCUT2D eigenvalue weighted by Gasteiger charge is -2.10. The van der Waals surface area contributed by atoms with Gasteiger partial charge in [-0.25, -0.2) is 4.99 Å². The molecule has 82 valence electrons. The van der Waals surface area contributed by atoms with Crippen molar-refractivity contribution in [1.29, 1.82) is 0 Å². The largest absolute Gasteiger partial charge is 0.351 e. The molecule has 1 unspecified atom stereocenters. The Labute approximate surface area is 88.0 Å². The topological polar surface area (TPSA) is 78.2 Å². The van der Waals surface area contributed by atoms with Crippen LogP contribution in [-0.4, -0.2) is 30.2 Å². The number of amidine groups is 1. The summed E-state index contributed by atoms with van der Waals surface area (Å²) < 4.78 is 4.87. The van der Waals surface area contributed by atoms with E-state index >= 15 is 0 Å². The first-order valence-corrected chi connectivity index (χ1v) is 4.52.